The third-order valence-corrected chi connectivity index (χ3v) is 4.69. The Bertz CT molecular complexity index is 1260. The van der Waals surface area contributed by atoms with E-state index in [1.54, 1.807) is 21.8 Å². The Morgan fingerprint density at radius 2 is 2.00 bits per heavy atom. The van der Waals surface area contributed by atoms with E-state index in [4.69, 9.17) is 0 Å². The molecular weight excluding hydrogens is 366 g/mol. The number of aryl methyl sites for hydroxylation is 1. The van der Waals surface area contributed by atoms with Crippen molar-refractivity contribution in [1.29, 1.82) is 5.26 Å². The SMILES string of the molecule is CC(C)c1c(C#N)cncc1C(=O)Nc1ccc2cnn(-c3cnn(C)c3)c2c1. The Morgan fingerprint density at radius 3 is 2.69 bits per heavy atom. The van der Waals surface area contributed by atoms with Crippen LogP contribution in [0.2, 0.25) is 0 Å². The second-order valence-electron chi connectivity index (χ2n) is 7.07. The molecule has 1 aromatic carbocycles. The van der Waals surface area contributed by atoms with Crippen molar-refractivity contribution < 1.29 is 4.79 Å². The van der Waals surface area contributed by atoms with Crippen LogP contribution in [0.4, 0.5) is 5.69 Å². The fourth-order valence-corrected chi connectivity index (χ4v) is 3.38. The first kappa shape index (κ1) is 18.4. The molecule has 0 aliphatic carbocycles. The number of hydrogen-bond acceptors (Lipinski definition) is 5. The minimum Gasteiger partial charge on any atom is -0.322 e. The van der Waals surface area contributed by atoms with E-state index in [2.05, 4.69) is 26.6 Å². The standard InChI is InChI=1S/C21H19N7O/c1-13(2)20-15(7-22)8-23-11-18(20)21(29)26-16-5-4-14-9-25-28(19(14)6-16)17-10-24-27(3)12-17/h4-6,8-13H,1-3H3,(H,26,29). The Kier molecular flexibility index (Phi) is 4.56. The molecule has 0 spiro atoms. The number of carbonyl (C=O) groups excluding carboxylic acids is 1. The Hall–Kier alpha value is -3.99. The molecule has 1 amide bonds. The van der Waals surface area contributed by atoms with Crippen LogP contribution in [0.3, 0.4) is 0 Å². The zero-order valence-corrected chi connectivity index (χ0v) is 16.3. The summed E-state index contributed by atoms with van der Waals surface area (Å²) in [5.41, 5.74) is 3.83. The van der Waals surface area contributed by atoms with Crippen molar-refractivity contribution in [3.8, 4) is 11.8 Å². The van der Waals surface area contributed by atoms with Gasteiger partial charge >= 0.3 is 0 Å². The molecule has 0 saturated heterocycles. The van der Waals surface area contributed by atoms with E-state index in [9.17, 15) is 10.1 Å². The fraction of sp³-hybridized carbons (Fsp3) is 0.190. The summed E-state index contributed by atoms with van der Waals surface area (Å²) in [7, 11) is 1.84. The zero-order chi connectivity index (χ0) is 20.5. The number of nitrogens with one attached hydrogen (secondary N) is 1. The number of fused-ring (bicyclic) bond motifs is 1. The maximum absolute atomic E-state index is 12.9. The lowest BCUT2D eigenvalue weighted by Crippen LogP contribution is -2.16. The first-order valence-corrected chi connectivity index (χ1v) is 9.14. The number of pyridine rings is 1. The molecule has 0 aliphatic heterocycles. The molecule has 0 radical (unpaired) electrons. The van der Waals surface area contributed by atoms with Gasteiger partial charge in [0.1, 0.15) is 11.8 Å². The van der Waals surface area contributed by atoms with Gasteiger partial charge in [-0.2, -0.15) is 15.5 Å². The normalized spacial score (nSPS) is 11.0. The van der Waals surface area contributed by atoms with Crippen molar-refractivity contribution >= 4 is 22.5 Å². The van der Waals surface area contributed by atoms with E-state index < -0.39 is 0 Å². The number of carbonyl (C=O) groups is 1. The Balaban J connectivity index is 1.70. The van der Waals surface area contributed by atoms with Gasteiger partial charge in [-0.3, -0.25) is 14.5 Å². The van der Waals surface area contributed by atoms with E-state index in [1.807, 2.05) is 45.3 Å². The summed E-state index contributed by atoms with van der Waals surface area (Å²) in [5, 5.41) is 21.8. The van der Waals surface area contributed by atoms with Crippen LogP contribution in [-0.4, -0.2) is 30.5 Å². The maximum Gasteiger partial charge on any atom is 0.257 e. The highest BCUT2D eigenvalue weighted by molar-refractivity contribution is 6.06. The van der Waals surface area contributed by atoms with E-state index in [0.717, 1.165) is 16.6 Å². The molecule has 3 aromatic heterocycles. The van der Waals surface area contributed by atoms with E-state index >= 15 is 0 Å². The quantitative estimate of drug-likeness (QED) is 0.580. The van der Waals surface area contributed by atoms with Crippen LogP contribution < -0.4 is 5.32 Å². The van der Waals surface area contributed by atoms with Gasteiger partial charge in [-0.15, -0.1) is 0 Å². The molecule has 0 unspecified atom stereocenters. The van der Waals surface area contributed by atoms with Gasteiger partial charge in [-0.1, -0.05) is 13.8 Å². The number of nitriles is 1. The summed E-state index contributed by atoms with van der Waals surface area (Å²) < 4.78 is 3.48. The van der Waals surface area contributed by atoms with Gasteiger partial charge in [-0.25, -0.2) is 4.68 Å². The van der Waals surface area contributed by atoms with Crippen molar-refractivity contribution in [2.45, 2.75) is 19.8 Å². The van der Waals surface area contributed by atoms with Gasteiger partial charge in [-0.05, 0) is 29.7 Å². The first-order chi connectivity index (χ1) is 14.0. The monoisotopic (exact) mass is 385 g/mol. The van der Waals surface area contributed by atoms with Crippen molar-refractivity contribution in [3.05, 3.63) is 65.9 Å². The largest absolute Gasteiger partial charge is 0.322 e. The van der Waals surface area contributed by atoms with Crippen LogP contribution in [0.25, 0.3) is 16.6 Å². The van der Waals surface area contributed by atoms with Crippen LogP contribution in [-0.2, 0) is 7.05 Å². The van der Waals surface area contributed by atoms with Crippen molar-refractivity contribution in [3.63, 3.8) is 0 Å². The second-order valence-corrected chi connectivity index (χ2v) is 7.07. The minimum absolute atomic E-state index is 0.0166. The van der Waals surface area contributed by atoms with Crippen LogP contribution in [0.15, 0.2) is 49.2 Å². The molecule has 0 atom stereocenters. The number of nitrogens with zero attached hydrogens (tertiary/aromatic N) is 6. The van der Waals surface area contributed by atoms with Gasteiger partial charge in [0.15, 0.2) is 0 Å². The lowest BCUT2D eigenvalue weighted by atomic mass is 9.94. The molecule has 4 aromatic rings. The van der Waals surface area contributed by atoms with Gasteiger partial charge < -0.3 is 5.32 Å². The second kappa shape index (κ2) is 7.20. The minimum atomic E-state index is -0.301. The average molecular weight is 385 g/mol. The van der Waals surface area contributed by atoms with Crippen LogP contribution >= 0.6 is 0 Å². The van der Waals surface area contributed by atoms with Gasteiger partial charge in [0, 0.05) is 30.5 Å². The highest BCUT2D eigenvalue weighted by Crippen LogP contribution is 2.25. The highest BCUT2D eigenvalue weighted by atomic mass is 16.1. The Morgan fingerprint density at radius 1 is 1.17 bits per heavy atom. The summed E-state index contributed by atoms with van der Waals surface area (Å²) in [5.74, 6) is -0.284. The van der Waals surface area contributed by atoms with Crippen molar-refractivity contribution in [1.82, 2.24) is 24.5 Å². The van der Waals surface area contributed by atoms with Crippen molar-refractivity contribution in [2.75, 3.05) is 5.32 Å². The molecule has 1 N–H and O–H groups in total. The molecule has 0 bridgehead atoms. The molecule has 3 heterocycles. The van der Waals surface area contributed by atoms with Crippen LogP contribution in [0, 0.1) is 11.3 Å². The number of rotatable bonds is 4. The van der Waals surface area contributed by atoms with E-state index in [1.165, 1.54) is 12.4 Å². The van der Waals surface area contributed by atoms with Crippen LogP contribution in [0.1, 0.15) is 41.3 Å². The Labute approximate surface area is 167 Å². The molecule has 0 saturated carbocycles. The number of hydrogen-bond donors (Lipinski definition) is 1. The molecule has 8 heteroatoms. The van der Waals surface area contributed by atoms with Gasteiger partial charge in [0.2, 0.25) is 0 Å². The molecular formula is C21H19N7O. The van der Waals surface area contributed by atoms with Gasteiger partial charge in [0.05, 0.1) is 35.2 Å². The van der Waals surface area contributed by atoms with E-state index in [-0.39, 0.29) is 11.8 Å². The van der Waals surface area contributed by atoms with Gasteiger partial charge in [0.25, 0.3) is 5.91 Å². The molecule has 0 aliphatic rings. The molecule has 8 nitrogen and oxygen atoms in total. The maximum atomic E-state index is 12.9. The smallest absolute Gasteiger partial charge is 0.257 e. The molecule has 29 heavy (non-hydrogen) atoms. The zero-order valence-electron chi connectivity index (χ0n) is 16.3. The predicted octanol–water partition coefficient (Wildman–Crippen LogP) is 3.40. The molecule has 144 valence electrons. The highest BCUT2D eigenvalue weighted by Gasteiger charge is 2.19. The summed E-state index contributed by atoms with van der Waals surface area (Å²) in [6, 6.07) is 7.71. The average Bonchev–Trinajstić information content (AvgIpc) is 3.32. The summed E-state index contributed by atoms with van der Waals surface area (Å²) >= 11 is 0. The first-order valence-electron chi connectivity index (χ1n) is 9.14. The molecule has 4 rings (SSSR count). The lowest BCUT2D eigenvalue weighted by Gasteiger charge is -2.14. The number of aromatic nitrogens is 5. The lowest BCUT2D eigenvalue weighted by molar-refractivity contribution is 0.102. The fourth-order valence-electron chi connectivity index (χ4n) is 3.38. The topological polar surface area (TPSA) is 101 Å². The number of amides is 1. The van der Waals surface area contributed by atoms with E-state index in [0.29, 0.717) is 22.4 Å². The predicted molar refractivity (Wildman–Crippen MR) is 109 cm³/mol. The summed E-state index contributed by atoms with van der Waals surface area (Å²) in [6.07, 6.45) is 8.36. The third-order valence-electron chi connectivity index (χ3n) is 4.69. The summed E-state index contributed by atoms with van der Waals surface area (Å²) in [6.45, 7) is 3.90. The van der Waals surface area contributed by atoms with Crippen LogP contribution in [0.5, 0.6) is 0 Å². The summed E-state index contributed by atoms with van der Waals surface area (Å²) in [4.78, 5) is 17.0. The third kappa shape index (κ3) is 3.34. The number of benzene rings is 1. The number of anilines is 1. The van der Waals surface area contributed by atoms with Crippen molar-refractivity contribution in [2.24, 2.45) is 7.05 Å². The molecule has 0 fully saturated rings.